The highest BCUT2D eigenvalue weighted by Gasteiger charge is 2.33. The van der Waals surface area contributed by atoms with Gasteiger partial charge in [-0.3, -0.25) is 4.79 Å². The van der Waals surface area contributed by atoms with Gasteiger partial charge in [-0.2, -0.15) is 0 Å². The van der Waals surface area contributed by atoms with Crippen molar-refractivity contribution in [3.05, 3.63) is 47.6 Å². The van der Waals surface area contributed by atoms with Gasteiger partial charge in [0, 0.05) is 36.3 Å². The number of halogens is 1. The zero-order chi connectivity index (χ0) is 17.1. The molecule has 0 aliphatic carbocycles. The number of anilines is 1. The second-order valence-electron chi connectivity index (χ2n) is 6.00. The Morgan fingerprint density at radius 1 is 1.42 bits per heavy atom. The van der Waals surface area contributed by atoms with Gasteiger partial charge in [0.1, 0.15) is 5.82 Å². The van der Waals surface area contributed by atoms with Crippen LogP contribution in [0.5, 0.6) is 0 Å². The number of amides is 1. The predicted octanol–water partition coefficient (Wildman–Crippen LogP) is 2.48. The lowest BCUT2D eigenvalue weighted by atomic mass is 10.1. The number of nitrogens with zero attached hydrogens (tertiary/aromatic N) is 2. The van der Waals surface area contributed by atoms with Crippen molar-refractivity contribution in [3.63, 3.8) is 0 Å². The minimum absolute atomic E-state index is 0.0189. The summed E-state index contributed by atoms with van der Waals surface area (Å²) in [5.74, 6) is 0.718. The third kappa shape index (κ3) is 3.52. The molecule has 5 nitrogen and oxygen atoms in total. The maximum absolute atomic E-state index is 11.3. The van der Waals surface area contributed by atoms with E-state index in [1.807, 2.05) is 41.3 Å². The number of carbonyl (C=O) groups is 1. The largest absolute Gasteiger partial charge is 0.394 e. The van der Waals surface area contributed by atoms with Crippen molar-refractivity contribution in [2.45, 2.75) is 25.4 Å². The number of nitrogens with one attached hydrogen (secondary N) is 1. The Hall–Kier alpha value is -2.11. The van der Waals surface area contributed by atoms with Crippen LogP contribution in [0, 0.1) is 0 Å². The number of rotatable bonds is 4. The Morgan fingerprint density at radius 3 is 2.92 bits per heavy atom. The van der Waals surface area contributed by atoms with Crippen LogP contribution in [0.4, 0.5) is 5.82 Å². The van der Waals surface area contributed by atoms with Crippen LogP contribution in [-0.4, -0.2) is 41.2 Å². The zero-order valence-electron chi connectivity index (χ0n) is 13.4. The van der Waals surface area contributed by atoms with Crippen LogP contribution >= 0.6 is 11.6 Å². The minimum Gasteiger partial charge on any atom is -0.394 e. The van der Waals surface area contributed by atoms with Crippen LogP contribution in [0.25, 0.3) is 11.1 Å². The lowest BCUT2D eigenvalue weighted by molar-refractivity contribution is -0.119. The summed E-state index contributed by atoms with van der Waals surface area (Å²) in [6.07, 6.45) is 2.45. The van der Waals surface area contributed by atoms with Gasteiger partial charge < -0.3 is 15.3 Å². The van der Waals surface area contributed by atoms with Crippen molar-refractivity contribution in [1.29, 1.82) is 0 Å². The van der Waals surface area contributed by atoms with Crippen molar-refractivity contribution >= 4 is 23.3 Å². The molecule has 1 fully saturated rings. The molecule has 2 unspecified atom stereocenters. The molecule has 2 N–H and O–H groups in total. The van der Waals surface area contributed by atoms with E-state index in [4.69, 9.17) is 11.6 Å². The van der Waals surface area contributed by atoms with Crippen molar-refractivity contribution < 1.29 is 9.90 Å². The molecule has 2 aromatic rings. The molecule has 1 amide bonds. The summed E-state index contributed by atoms with van der Waals surface area (Å²) in [6.45, 7) is 2.16. The average Bonchev–Trinajstić information content (AvgIpc) is 2.97. The fraction of sp³-hybridized carbons (Fsp3) is 0.333. The van der Waals surface area contributed by atoms with Crippen LogP contribution in [0.2, 0.25) is 5.02 Å². The monoisotopic (exact) mass is 345 g/mol. The molecule has 0 bridgehead atoms. The first kappa shape index (κ1) is 16.7. The Balaban J connectivity index is 1.88. The van der Waals surface area contributed by atoms with E-state index < -0.39 is 0 Å². The standard InChI is InChI=1S/C18H20ClN3O2/c1-12(24)21-14-9-15(11-23)22(10-14)18-8-13(6-7-20-18)16-4-2-3-5-17(16)19/h2-8,14-15,23H,9-11H2,1H3,(H,21,24). The first-order chi connectivity index (χ1) is 11.6. The highest BCUT2D eigenvalue weighted by molar-refractivity contribution is 6.33. The van der Waals surface area contributed by atoms with Crippen LogP contribution in [0.15, 0.2) is 42.6 Å². The molecule has 6 heteroatoms. The number of benzene rings is 1. The Morgan fingerprint density at radius 2 is 2.21 bits per heavy atom. The zero-order valence-corrected chi connectivity index (χ0v) is 14.2. The molecule has 24 heavy (non-hydrogen) atoms. The number of aromatic nitrogens is 1. The lowest BCUT2D eigenvalue weighted by Gasteiger charge is -2.24. The Bertz CT molecular complexity index is 738. The average molecular weight is 346 g/mol. The van der Waals surface area contributed by atoms with E-state index in [9.17, 15) is 9.90 Å². The third-order valence-electron chi connectivity index (χ3n) is 4.26. The van der Waals surface area contributed by atoms with Crippen LogP contribution in [0.1, 0.15) is 13.3 Å². The summed E-state index contributed by atoms with van der Waals surface area (Å²) in [5.41, 5.74) is 1.92. The number of aliphatic hydroxyl groups excluding tert-OH is 1. The maximum Gasteiger partial charge on any atom is 0.217 e. The molecule has 1 aromatic carbocycles. The molecule has 0 spiro atoms. The van der Waals surface area contributed by atoms with Gasteiger partial charge in [-0.15, -0.1) is 0 Å². The van der Waals surface area contributed by atoms with E-state index >= 15 is 0 Å². The van der Waals surface area contributed by atoms with Crippen LogP contribution < -0.4 is 10.2 Å². The van der Waals surface area contributed by atoms with Crippen molar-refractivity contribution in [3.8, 4) is 11.1 Å². The summed E-state index contributed by atoms with van der Waals surface area (Å²) in [4.78, 5) is 17.8. The van der Waals surface area contributed by atoms with E-state index in [1.54, 1.807) is 6.20 Å². The van der Waals surface area contributed by atoms with Gasteiger partial charge in [0.25, 0.3) is 0 Å². The number of hydrogen-bond donors (Lipinski definition) is 2. The fourth-order valence-electron chi connectivity index (χ4n) is 3.20. The van der Waals surface area contributed by atoms with Gasteiger partial charge in [-0.1, -0.05) is 29.8 Å². The number of carbonyl (C=O) groups excluding carboxylic acids is 1. The SMILES string of the molecule is CC(=O)NC1CC(CO)N(c2cc(-c3ccccc3Cl)ccn2)C1. The quantitative estimate of drug-likeness (QED) is 0.893. The van der Waals surface area contributed by atoms with E-state index in [0.29, 0.717) is 18.0 Å². The summed E-state index contributed by atoms with van der Waals surface area (Å²) < 4.78 is 0. The lowest BCUT2D eigenvalue weighted by Crippen LogP contribution is -2.36. The predicted molar refractivity (Wildman–Crippen MR) is 95.1 cm³/mol. The Kier molecular flexibility index (Phi) is 5.02. The molecule has 126 valence electrons. The highest BCUT2D eigenvalue weighted by atomic mass is 35.5. The molecule has 0 radical (unpaired) electrons. The number of hydrogen-bond acceptors (Lipinski definition) is 4. The molecule has 2 atom stereocenters. The van der Waals surface area contributed by atoms with E-state index in [1.165, 1.54) is 6.92 Å². The van der Waals surface area contributed by atoms with E-state index in [0.717, 1.165) is 16.9 Å². The molecular formula is C18H20ClN3O2. The normalized spacial score (nSPS) is 20.2. The number of pyridine rings is 1. The summed E-state index contributed by atoms with van der Waals surface area (Å²) in [5, 5.41) is 13.3. The van der Waals surface area contributed by atoms with E-state index in [-0.39, 0.29) is 24.6 Å². The van der Waals surface area contributed by atoms with Gasteiger partial charge in [-0.05, 0) is 30.2 Å². The summed E-state index contributed by atoms with van der Waals surface area (Å²) in [7, 11) is 0. The molecule has 1 aliphatic heterocycles. The van der Waals surface area contributed by atoms with Crippen LogP contribution in [-0.2, 0) is 4.79 Å². The van der Waals surface area contributed by atoms with Crippen molar-refractivity contribution in [2.75, 3.05) is 18.1 Å². The smallest absolute Gasteiger partial charge is 0.217 e. The minimum atomic E-state index is -0.0594. The highest BCUT2D eigenvalue weighted by Crippen LogP contribution is 2.31. The first-order valence-electron chi connectivity index (χ1n) is 7.94. The fourth-order valence-corrected chi connectivity index (χ4v) is 3.45. The van der Waals surface area contributed by atoms with Gasteiger partial charge in [0.05, 0.1) is 12.6 Å². The third-order valence-corrected chi connectivity index (χ3v) is 4.59. The van der Waals surface area contributed by atoms with Crippen LogP contribution in [0.3, 0.4) is 0 Å². The van der Waals surface area contributed by atoms with Crippen molar-refractivity contribution in [1.82, 2.24) is 10.3 Å². The topological polar surface area (TPSA) is 65.5 Å². The summed E-state index contributed by atoms with van der Waals surface area (Å²) in [6, 6.07) is 11.5. The van der Waals surface area contributed by atoms with Gasteiger partial charge in [0.2, 0.25) is 5.91 Å². The molecular weight excluding hydrogens is 326 g/mol. The van der Waals surface area contributed by atoms with Gasteiger partial charge >= 0.3 is 0 Å². The second kappa shape index (κ2) is 7.20. The molecule has 1 saturated heterocycles. The second-order valence-corrected chi connectivity index (χ2v) is 6.41. The molecule has 2 heterocycles. The summed E-state index contributed by atoms with van der Waals surface area (Å²) >= 11 is 6.29. The molecule has 0 saturated carbocycles. The molecule has 1 aromatic heterocycles. The van der Waals surface area contributed by atoms with E-state index in [2.05, 4.69) is 10.3 Å². The maximum atomic E-state index is 11.3. The van der Waals surface area contributed by atoms with Gasteiger partial charge in [0.15, 0.2) is 0 Å². The molecule has 1 aliphatic rings. The first-order valence-corrected chi connectivity index (χ1v) is 8.32. The number of aliphatic hydroxyl groups is 1. The van der Waals surface area contributed by atoms with Crippen molar-refractivity contribution in [2.24, 2.45) is 0 Å². The Labute approximate surface area is 146 Å². The molecule has 3 rings (SSSR count). The van der Waals surface area contributed by atoms with Gasteiger partial charge in [-0.25, -0.2) is 4.98 Å².